The number of ether oxygens (including phenoxy) is 1. The molecule has 0 aliphatic carbocycles. The van der Waals surface area contributed by atoms with Gasteiger partial charge in [0.1, 0.15) is 5.60 Å². The summed E-state index contributed by atoms with van der Waals surface area (Å²) in [6.07, 6.45) is 4.67. The zero-order chi connectivity index (χ0) is 15.3. The predicted octanol–water partition coefficient (Wildman–Crippen LogP) is 1.98. The number of piperidine rings is 2. The van der Waals surface area contributed by atoms with Crippen LogP contribution in [-0.4, -0.2) is 55.4 Å². The Balaban J connectivity index is 1.72. The Hall–Kier alpha value is -0.810. The minimum Gasteiger partial charge on any atom is -0.444 e. The van der Waals surface area contributed by atoms with E-state index in [1.165, 1.54) is 32.2 Å². The van der Waals surface area contributed by atoms with Crippen LogP contribution >= 0.6 is 0 Å². The van der Waals surface area contributed by atoms with Gasteiger partial charge in [0.15, 0.2) is 0 Å². The standard InChI is InChI=1S/C16H31N3O2/c1-16(2,3)21-15(20)18-11-13-5-4-10-19(12-13)14-6-8-17-9-7-14/h13-14,17H,4-12H2,1-3H3,(H,18,20)/t13-/m0/s1. The fourth-order valence-electron chi connectivity index (χ4n) is 3.31. The number of nitrogens with one attached hydrogen (secondary N) is 2. The molecule has 0 saturated carbocycles. The van der Waals surface area contributed by atoms with E-state index in [2.05, 4.69) is 15.5 Å². The SMILES string of the molecule is CC(C)(C)OC(=O)NC[C@@H]1CCCN(C2CCNCC2)C1. The molecule has 0 bridgehead atoms. The molecule has 2 aliphatic rings. The molecule has 1 amide bonds. The van der Waals surface area contributed by atoms with Crippen LogP contribution in [0.15, 0.2) is 0 Å². The molecule has 1 atom stereocenters. The third kappa shape index (κ3) is 5.83. The van der Waals surface area contributed by atoms with Crippen LogP contribution in [-0.2, 0) is 4.74 Å². The van der Waals surface area contributed by atoms with E-state index in [1.807, 2.05) is 20.8 Å². The van der Waals surface area contributed by atoms with Crippen molar-refractivity contribution in [2.75, 3.05) is 32.7 Å². The summed E-state index contributed by atoms with van der Waals surface area (Å²) in [5.41, 5.74) is -0.419. The largest absolute Gasteiger partial charge is 0.444 e. The van der Waals surface area contributed by atoms with E-state index in [0.717, 1.165) is 32.2 Å². The number of hydrogen-bond acceptors (Lipinski definition) is 4. The van der Waals surface area contributed by atoms with Crippen molar-refractivity contribution in [1.29, 1.82) is 0 Å². The van der Waals surface area contributed by atoms with Crippen LogP contribution in [0.2, 0.25) is 0 Å². The van der Waals surface area contributed by atoms with Crippen molar-refractivity contribution < 1.29 is 9.53 Å². The lowest BCUT2D eigenvalue weighted by Crippen LogP contribution is -2.49. The summed E-state index contributed by atoms with van der Waals surface area (Å²) in [5.74, 6) is 0.557. The second-order valence-corrected chi connectivity index (χ2v) is 7.37. The molecule has 0 radical (unpaired) electrons. The van der Waals surface area contributed by atoms with Crippen LogP contribution in [0.5, 0.6) is 0 Å². The summed E-state index contributed by atoms with van der Waals surface area (Å²) in [7, 11) is 0. The predicted molar refractivity (Wildman–Crippen MR) is 84.4 cm³/mol. The molecule has 2 heterocycles. The Morgan fingerprint density at radius 2 is 2.00 bits per heavy atom. The summed E-state index contributed by atoms with van der Waals surface area (Å²) >= 11 is 0. The highest BCUT2D eigenvalue weighted by molar-refractivity contribution is 5.67. The van der Waals surface area contributed by atoms with Gasteiger partial charge in [-0.05, 0) is 72.0 Å². The molecule has 2 N–H and O–H groups in total. The fraction of sp³-hybridized carbons (Fsp3) is 0.938. The second-order valence-electron chi connectivity index (χ2n) is 7.37. The maximum atomic E-state index is 11.7. The molecule has 2 rings (SSSR count). The van der Waals surface area contributed by atoms with Gasteiger partial charge < -0.3 is 15.4 Å². The Kier molecular flexibility index (Phi) is 5.88. The molecule has 0 unspecified atom stereocenters. The molecule has 5 heteroatoms. The van der Waals surface area contributed by atoms with Gasteiger partial charge in [-0.3, -0.25) is 4.90 Å². The first kappa shape index (κ1) is 16.6. The lowest BCUT2D eigenvalue weighted by molar-refractivity contribution is 0.0494. The Bertz CT molecular complexity index is 335. The molecular weight excluding hydrogens is 266 g/mol. The maximum Gasteiger partial charge on any atom is 0.407 e. The lowest BCUT2D eigenvalue weighted by Gasteiger charge is -2.40. The smallest absolute Gasteiger partial charge is 0.407 e. The van der Waals surface area contributed by atoms with Gasteiger partial charge in [0.2, 0.25) is 0 Å². The summed E-state index contributed by atoms with van der Waals surface area (Å²) in [6, 6.07) is 0.732. The topological polar surface area (TPSA) is 53.6 Å². The molecule has 0 aromatic carbocycles. The first-order valence-electron chi connectivity index (χ1n) is 8.35. The van der Waals surface area contributed by atoms with Crippen molar-refractivity contribution in [3.8, 4) is 0 Å². The van der Waals surface area contributed by atoms with E-state index >= 15 is 0 Å². The lowest BCUT2D eigenvalue weighted by atomic mass is 9.94. The third-order valence-corrected chi connectivity index (χ3v) is 4.31. The van der Waals surface area contributed by atoms with Crippen molar-refractivity contribution in [1.82, 2.24) is 15.5 Å². The molecule has 21 heavy (non-hydrogen) atoms. The number of hydrogen-bond donors (Lipinski definition) is 2. The number of carbonyl (C=O) groups excluding carboxylic acids is 1. The van der Waals surface area contributed by atoms with Crippen molar-refractivity contribution in [2.24, 2.45) is 5.92 Å². The Morgan fingerprint density at radius 3 is 2.67 bits per heavy atom. The first-order chi connectivity index (χ1) is 9.94. The van der Waals surface area contributed by atoms with Gasteiger partial charge in [-0.1, -0.05) is 0 Å². The zero-order valence-electron chi connectivity index (χ0n) is 13.8. The van der Waals surface area contributed by atoms with Gasteiger partial charge in [0.05, 0.1) is 0 Å². The van der Waals surface area contributed by atoms with E-state index in [-0.39, 0.29) is 6.09 Å². The van der Waals surface area contributed by atoms with E-state index in [0.29, 0.717) is 5.92 Å². The molecule has 2 aliphatic heterocycles. The highest BCUT2D eigenvalue weighted by Gasteiger charge is 2.27. The van der Waals surface area contributed by atoms with E-state index < -0.39 is 5.60 Å². The minimum absolute atomic E-state index is 0.290. The molecule has 2 fully saturated rings. The summed E-state index contributed by atoms with van der Waals surface area (Å²) < 4.78 is 5.30. The van der Waals surface area contributed by atoms with E-state index in [4.69, 9.17) is 4.74 Å². The quantitative estimate of drug-likeness (QED) is 0.836. The number of alkyl carbamates (subject to hydrolysis) is 1. The van der Waals surface area contributed by atoms with Crippen LogP contribution in [0, 0.1) is 5.92 Å². The minimum atomic E-state index is -0.419. The summed E-state index contributed by atoms with van der Waals surface area (Å²) in [4.78, 5) is 14.4. The molecular formula is C16H31N3O2. The third-order valence-electron chi connectivity index (χ3n) is 4.31. The summed E-state index contributed by atoms with van der Waals surface area (Å²) in [6.45, 7) is 11.0. The number of rotatable bonds is 3. The number of amides is 1. The maximum absolute atomic E-state index is 11.7. The number of nitrogens with zero attached hydrogens (tertiary/aromatic N) is 1. The first-order valence-corrected chi connectivity index (χ1v) is 8.35. The molecule has 122 valence electrons. The normalized spacial score (nSPS) is 25.6. The number of carbonyl (C=O) groups is 1. The van der Waals surface area contributed by atoms with Gasteiger partial charge in [-0.15, -0.1) is 0 Å². The van der Waals surface area contributed by atoms with Gasteiger partial charge >= 0.3 is 6.09 Å². The van der Waals surface area contributed by atoms with Gasteiger partial charge in [-0.25, -0.2) is 4.79 Å². The fourth-order valence-corrected chi connectivity index (χ4v) is 3.31. The van der Waals surface area contributed by atoms with Crippen molar-refractivity contribution >= 4 is 6.09 Å². The highest BCUT2D eigenvalue weighted by Crippen LogP contribution is 2.21. The van der Waals surface area contributed by atoms with Crippen LogP contribution in [0.1, 0.15) is 46.5 Å². The van der Waals surface area contributed by atoms with Crippen LogP contribution in [0.3, 0.4) is 0 Å². The van der Waals surface area contributed by atoms with Gasteiger partial charge in [0.25, 0.3) is 0 Å². The number of likely N-dealkylation sites (tertiary alicyclic amines) is 1. The van der Waals surface area contributed by atoms with Crippen molar-refractivity contribution in [2.45, 2.75) is 58.1 Å². The highest BCUT2D eigenvalue weighted by atomic mass is 16.6. The van der Waals surface area contributed by atoms with Gasteiger partial charge in [0, 0.05) is 19.1 Å². The molecule has 0 spiro atoms. The zero-order valence-corrected chi connectivity index (χ0v) is 13.8. The van der Waals surface area contributed by atoms with Gasteiger partial charge in [-0.2, -0.15) is 0 Å². The van der Waals surface area contributed by atoms with Crippen molar-refractivity contribution in [3.05, 3.63) is 0 Å². The Morgan fingerprint density at radius 1 is 1.29 bits per heavy atom. The molecule has 0 aromatic rings. The van der Waals surface area contributed by atoms with Crippen LogP contribution in [0.25, 0.3) is 0 Å². The Labute approximate surface area is 128 Å². The second kappa shape index (κ2) is 7.45. The monoisotopic (exact) mass is 297 g/mol. The average Bonchev–Trinajstić information content (AvgIpc) is 2.45. The van der Waals surface area contributed by atoms with E-state index in [1.54, 1.807) is 0 Å². The molecule has 5 nitrogen and oxygen atoms in total. The molecule has 2 saturated heterocycles. The van der Waals surface area contributed by atoms with Crippen LogP contribution in [0.4, 0.5) is 4.79 Å². The van der Waals surface area contributed by atoms with Crippen molar-refractivity contribution in [3.63, 3.8) is 0 Å². The molecule has 0 aromatic heterocycles. The van der Waals surface area contributed by atoms with Crippen LogP contribution < -0.4 is 10.6 Å². The van der Waals surface area contributed by atoms with E-state index in [9.17, 15) is 4.79 Å². The average molecular weight is 297 g/mol. The summed E-state index contributed by atoms with van der Waals surface area (Å²) in [5, 5.41) is 6.36.